The first-order valence-electron chi connectivity index (χ1n) is 10.4. The zero-order valence-electron chi connectivity index (χ0n) is 16.2. The van der Waals surface area contributed by atoms with E-state index in [1.807, 2.05) is 0 Å². The van der Waals surface area contributed by atoms with Crippen LogP contribution in [-0.4, -0.2) is 26.8 Å². The molecule has 26 heavy (non-hydrogen) atoms. The summed E-state index contributed by atoms with van der Waals surface area (Å²) in [5, 5.41) is 0. The number of allylic oxidation sites excluding steroid dienone is 1. The van der Waals surface area contributed by atoms with Gasteiger partial charge in [0.2, 0.25) is 0 Å². The molecule has 0 amide bonds. The van der Waals surface area contributed by atoms with E-state index in [4.69, 9.17) is 9.47 Å². The van der Waals surface area contributed by atoms with Crippen LogP contribution >= 0.6 is 0 Å². The van der Waals surface area contributed by atoms with Crippen LogP contribution in [0, 0.1) is 23.2 Å². The zero-order valence-corrected chi connectivity index (χ0v) is 16.2. The van der Waals surface area contributed by atoms with Crippen molar-refractivity contribution in [3.05, 3.63) is 35.9 Å². The third-order valence-corrected chi connectivity index (χ3v) is 8.07. The Balaban J connectivity index is 1.49. The van der Waals surface area contributed by atoms with Crippen LogP contribution in [0.2, 0.25) is 0 Å². The van der Waals surface area contributed by atoms with Gasteiger partial charge in [-0.05, 0) is 61.3 Å². The SMILES string of the molecule is C=C1[C@@H]2C[C@@H]3[C@@H](c4ccc(N5CCCC5)cc4OC)OCC[C@]3(C2)[C@@H]1C. The molecule has 4 aliphatic rings. The van der Waals surface area contributed by atoms with Gasteiger partial charge in [-0.15, -0.1) is 0 Å². The van der Waals surface area contributed by atoms with E-state index >= 15 is 0 Å². The molecule has 1 aromatic rings. The number of fused-ring (bicyclic) bond motifs is 1. The van der Waals surface area contributed by atoms with Gasteiger partial charge in [0.1, 0.15) is 5.75 Å². The molecule has 2 bridgehead atoms. The maximum absolute atomic E-state index is 6.39. The summed E-state index contributed by atoms with van der Waals surface area (Å²) < 4.78 is 12.2. The zero-order chi connectivity index (χ0) is 17.9. The Morgan fingerprint density at radius 1 is 1.27 bits per heavy atom. The summed E-state index contributed by atoms with van der Waals surface area (Å²) >= 11 is 0. The van der Waals surface area contributed by atoms with E-state index in [1.165, 1.54) is 48.9 Å². The molecule has 0 N–H and O–H groups in total. The monoisotopic (exact) mass is 353 g/mol. The summed E-state index contributed by atoms with van der Waals surface area (Å²) in [7, 11) is 1.80. The Bertz CT molecular complexity index is 723. The molecule has 140 valence electrons. The van der Waals surface area contributed by atoms with Crippen LogP contribution in [0.4, 0.5) is 5.69 Å². The molecule has 1 spiro atoms. The highest BCUT2D eigenvalue weighted by Gasteiger charge is 2.61. The number of hydrogen-bond donors (Lipinski definition) is 0. The van der Waals surface area contributed by atoms with Gasteiger partial charge in [0.05, 0.1) is 13.2 Å². The third-order valence-electron chi connectivity index (χ3n) is 8.07. The van der Waals surface area contributed by atoms with E-state index in [2.05, 4.69) is 36.6 Å². The molecule has 0 unspecified atom stereocenters. The highest BCUT2D eigenvalue weighted by molar-refractivity contribution is 5.55. The van der Waals surface area contributed by atoms with Crippen LogP contribution < -0.4 is 9.64 Å². The Kier molecular flexibility index (Phi) is 3.86. The number of rotatable bonds is 3. The number of anilines is 1. The van der Waals surface area contributed by atoms with Crippen LogP contribution in [0.1, 0.15) is 50.7 Å². The first kappa shape index (κ1) is 16.7. The van der Waals surface area contributed by atoms with E-state index in [0.717, 1.165) is 25.4 Å². The maximum atomic E-state index is 6.39. The molecule has 2 saturated carbocycles. The van der Waals surface area contributed by atoms with Crippen molar-refractivity contribution in [3.63, 3.8) is 0 Å². The Morgan fingerprint density at radius 3 is 2.81 bits per heavy atom. The van der Waals surface area contributed by atoms with Crippen molar-refractivity contribution >= 4 is 5.69 Å². The minimum atomic E-state index is 0.173. The topological polar surface area (TPSA) is 21.7 Å². The van der Waals surface area contributed by atoms with Gasteiger partial charge in [-0.3, -0.25) is 0 Å². The Morgan fingerprint density at radius 2 is 2.08 bits per heavy atom. The van der Waals surface area contributed by atoms with Crippen LogP contribution in [0.3, 0.4) is 0 Å². The highest BCUT2D eigenvalue weighted by Crippen LogP contribution is 2.69. The first-order valence-corrected chi connectivity index (χ1v) is 10.4. The quantitative estimate of drug-likeness (QED) is 0.716. The number of nitrogens with zero attached hydrogens (tertiary/aromatic N) is 1. The lowest BCUT2D eigenvalue weighted by atomic mass is 9.62. The van der Waals surface area contributed by atoms with Gasteiger partial charge in [0, 0.05) is 37.0 Å². The molecular formula is C23H31NO2. The third kappa shape index (κ3) is 2.22. The summed E-state index contributed by atoms with van der Waals surface area (Å²) in [6, 6.07) is 6.80. The fraction of sp³-hybridized carbons (Fsp3) is 0.652. The number of benzene rings is 1. The molecule has 2 heterocycles. The van der Waals surface area contributed by atoms with E-state index in [9.17, 15) is 0 Å². The Labute approximate surface area is 157 Å². The van der Waals surface area contributed by atoms with Crippen LogP contribution in [0.5, 0.6) is 5.75 Å². The van der Waals surface area contributed by atoms with Gasteiger partial charge in [-0.25, -0.2) is 0 Å². The molecule has 5 atom stereocenters. The minimum absolute atomic E-state index is 0.173. The highest BCUT2D eigenvalue weighted by atomic mass is 16.5. The molecule has 5 rings (SSSR count). The molecule has 3 nitrogen and oxygen atoms in total. The molecule has 2 saturated heterocycles. The standard InChI is InChI=1S/C23H31NO2/c1-15-16(2)23-8-11-26-22(20(23)12-17(15)14-23)19-7-6-18(13-21(19)25-3)24-9-4-5-10-24/h6-7,13,16-17,20,22H,1,4-5,8-12,14H2,2-3H3/t16-,17-,20-,22-,23+/m1/s1. The molecule has 2 aliphatic heterocycles. The van der Waals surface area contributed by atoms with Crippen molar-refractivity contribution in [2.75, 3.05) is 31.7 Å². The van der Waals surface area contributed by atoms with Crippen molar-refractivity contribution in [3.8, 4) is 5.75 Å². The smallest absolute Gasteiger partial charge is 0.126 e. The predicted octanol–water partition coefficient (Wildman–Crippen LogP) is 4.98. The summed E-state index contributed by atoms with van der Waals surface area (Å²) in [4.78, 5) is 2.47. The van der Waals surface area contributed by atoms with Crippen molar-refractivity contribution < 1.29 is 9.47 Å². The number of methoxy groups -OCH3 is 1. The average molecular weight is 354 g/mol. The second-order valence-corrected chi connectivity index (χ2v) is 8.93. The number of ether oxygens (including phenoxy) is 2. The lowest BCUT2D eigenvalue weighted by molar-refractivity contribution is -0.107. The fourth-order valence-corrected chi connectivity index (χ4v) is 6.57. The lowest BCUT2D eigenvalue weighted by Gasteiger charge is -2.48. The summed E-state index contributed by atoms with van der Waals surface area (Å²) in [6.45, 7) is 10.0. The van der Waals surface area contributed by atoms with Crippen molar-refractivity contribution in [1.29, 1.82) is 0 Å². The van der Waals surface area contributed by atoms with Gasteiger partial charge < -0.3 is 14.4 Å². The lowest BCUT2D eigenvalue weighted by Crippen LogP contribution is -2.42. The van der Waals surface area contributed by atoms with Crippen molar-refractivity contribution in [1.82, 2.24) is 0 Å². The largest absolute Gasteiger partial charge is 0.496 e. The van der Waals surface area contributed by atoms with Gasteiger partial charge in [-0.2, -0.15) is 0 Å². The normalized spacial score (nSPS) is 38.7. The molecule has 0 aromatic heterocycles. The van der Waals surface area contributed by atoms with Crippen molar-refractivity contribution in [2.24, 2.45) is 23.2 Å². The second kappa shape index (κ2) is 6.02. The van der Waals surface area contributed by atoms with Crippen LogP contribution in [-0.2, 0) is 4.74 Å². The molecule has 1 aromatic carbocycles. The molecule has 0 radical (unpaired) electrons. The van der Waals surface area contributed by atoms with E-state index in [0.29, 0.717) is 23.2 Å². The fourth-order valence-electron chi connectivity index (χ4n) is 6.57. The first-order chi connectivity index (χ1) is 12.6. The molecule has 4 fully saturated rings. The van der Waals surface area contributed by atoms with Crippen LogP contribution in [0.15, 0.2) is 30.4 Å². The molecular weight excluding hydrogens is 322 g/mol. The second-order valence-electron chi connectivity index (χ2n) is 8.93. The summed E-state index contributed by atoms with van der Waals surface area (Å²) in [5.74, 6) is 2.94. The van der Waals surface area contributed by atoms with E-state index < -0.39 is 0 Å². The minimum Gasteiger partial charge on any atom is -0.496 e. The summed E-state index contributed by atoms with van der Waals surface area (Å²) in [5.41, 5.74) is 4.45. The van der Waals surface area contributed by atoms with E-state index in [-0.39, 0.29) is 6.10 Å². The van der Waals surface area contributed by atoms with Gasteiger partial charge in [0.25, 0.3) is 0 Å². The summed E-state index contributed by atoms with van der Waals surface area (Å²) in [6.07, 6.45) is 6.52. The van der Waals surface area contributed by atoms with Crippen molar-refractivity contribution in [2.45, 2.75) is 45.1 Å². The predicted molar refractivity (Wildman–Crippen MR) is 105 cm³/mol. The van der Waals surface area contributed by atoms with E-state index in [1.54, 1.807) is 7.11 Å². The van der Waals surface area contributed by atoms with Crippen LogP contribution in [0.25, 0.3) is 0 Å². The average Bonchev–Trinajstić information content (AvgIpc) is 3.38. The van der Waals surface area contributed by atoms with Gasteiger partial charge >= 0.3 is 0 Å². The van der Waals surface area contributed by atoms with Gasteiger partial charge in [0.15, 0.2) is 0 Å². The maximum Gasteiger partial charge on any atom is 0.126 e. The Hall–Kier alpha value is -1.48. The number of hydrogen-bond acceptors (Lipinski definition) is 3. The molecule has 3 heteroatoms. The molecule has 2 aliphatic carbocycles. The van der Waals surface area contributed by atoms with Gasteiger partial charge in [-0.1, -0.05) is 25.1 Å².